The van der Waals surface area contributed by atoms with Crippen LogP contribution >= 0.6 is 11.6 Å². The number of hydrogen-bond donors (Lipinski definition) is 1. The van der Waals surface area contributed by atoms with Crippen LogP contribution in [0, 0.1) is 0 Å². The molecule has 2 fully saturated rings. The summed E-state index contributed by atoms with van der Waals surface area (Å²) in [6.45, 7) is 5.95. The van der Waals surface area contributed by atoms with E-state index >= 15 is 0 Å². The van der Waals surface area contributed by atoms with Crippen molar-refractivity contribution in [1.82, 2.24) is 9.80 Å². The molecule has 2 aliphatic heterocycles. The summed E-state index contributed by atoms with van der Waals surface area (Å²) < 4.78 is 0. The number of anilines is 1. The van der Waals surface area contributed by atoms with Crippen molar-refractivity contribution in [2.45, 2.75) is 44.7 Å². The first-order valence-electron chi connectivity index (χ1n) is 8.23. The minimum absolute atomic E-state index is 0.722. The van der Waals surface area contributed by atoms with Gasteiger partial charge in [-0.3, -0.25) is 4.90 Å². The average Bonchev–Trinajstić information content (AvgIpc) is 2.52. The Hall–Kier alpha value is -0.770. The molecule has 0 unspecified atom stereocenters. The van der Waals surface area contributed by atoms with Crippen LogP contribution in [0.4, 0.5) is 5.69 Å². The summed E-state index contributed by atoms with van der Waals surface area (Å²) in [7, 11) is 0. The molecule has 0 radical (unpaired) electrons. The van der Waals surface area contributed by atoms with Crippen molar-refractivity contribution < 1.29 is 0 Å². The molecule has 0 bridgehead atoms. The minimum Gasteiger partial charge on any atom is -0.398 e. The molecule has 2 N–H and O–H groups in total. The minimum atomic E-state index is 0.722. The van der Waals surface area contributed by atoms with Gasteiger partial charge in [0.25, 0.3) is 0 Å². The van der Waals surface area contributed by atoms with Crippen molar-refractivity contribution in [1.29, 1.82) is 0 Å². The number of halogens is 1. The molecule has 4 heteroatoms. The second kappa shape index (κ2) is 6.99. The van der Waals surface area contributed by atoms with Crippen molar-refractivity contribution >= 4 is 17.3 Å². The maximum atomic E-state index is 6.06. The summed E-state index contributed by atoms with van der Waals surface area (Å²) in [5.41, 5.74) is 8.09. The fourth-order valence-electron chi connectivity index (χ4n) is 3.68. The van der Waals surface area contributed by atoms with E-state index in [0.29, 0.717) is 0 Å². The fourth-order valence-corrected chi connectivity index (χ4v) is 3.86. The molecule has 3 rings (SSSR count). The molecule has 0 aliphatic carbocycles. The molecule has 0 saturated carbocycles. The second-order valence-corrected chi connectivity index (χ2v) is 6.88. The van der Waals surface area contributed by atoms with Crippen molar-refractivity contribution in [2.24, 2.45) is 0 Å². The van der Waals surface area contributed by atoms with E-state index in [0.717, 1.165) is 23.3 Å². The maximum Gasteiger partial charge on any atom is 0.0426 e. The van der Waals surface area contributed by atoms with E-state index in [-0.39, 0.29) is 0 Å². The van der Waals surface area contributed by atoms with Gasteiger partial charge in [0, 0.05) is 23.3 Å². The van der Waals surface area contributed by atoms with Crippen LogP contribution in [0.2, 0.25) is 5.02 Å². The quantitative estimate of drug-likeness (QED) is 0.869. The molecule has 116 valence electrons. The zero-order chi connectivity index (χ0) is 14.7. The lowest BCUT2D eigenvalue weighted by Crippen LogP contribution is -2.46. The van der Waals surface area contributed by atoms with Gasteiger partial charge in [-0.05, 0) is 69.6 Å². The first-order chi connectivity index (χ1) is 10.2. The highest BCUT2D eigenvalue weighted by Crippen LogP contribution is 2.24. The van der Waals surface area contributed by atoms with Gasteiger partial charge in [-0.2, -0.15) is 0 Å². The number of rotatable bonds is 3. The third-order valence-electron chi connectivity index (χ3n) is 4.97. The first kappa shape index (κ1) is 15.1. The number of nitrogen functional groups attached to an aromatic ring is 1. The van der Waals surface area contributed by atoms with Gasteiger partial charge in [-0.25, -0.2) is 0 Å². The van der Waals surface area contributed by atoms with Crippen molar-refractivity contribution in [3.8, 4) is 0 Å². The summed E-state index contributed by atoms with van der Waals surface area (Å²) in [5, 5.41) is 0.722. The average molecular weight is 308 g/mol. The zero-order valence-corrected chi connectivity index (χ0v) is 13.5. The maximum absolute atomic E-state index is 6.06. The predicted octanol–water partition coefficient (Wildman–Crippen LogP) is 3.37. The Morgan fingerprint density at radius 1 is 1.05 bits per heavy atom. The number of likely N-dealkylation sites (tertiary alicyclic amines) is 2. The summed E-state index contributed by atoms with van der Waals surface area (Å²) in [6, 6.07) is 6.67. The van der Waals surface area contributed by atoms with Gasteiger partial charge < -0.3 is 10.6 Å². The highest BCUT2D eigenvalue weighted by molar-refractivity contribution is 6.30. The SMILES string of the molecule is Nc1cc(Cl)ccc1CN1CCC(N2CCCCC2)CC1. The lowest BCUT2D eigenvalue weighted by atomic mass is 9.99. The topological polar surface area (TPSA) is 32.5 Å². The smallest absolute Gasteiger partial charge is 0.0426 e. The number of hydrogen-bond acceptors (Lipinski definition) is 3. The van der Waals surface area contributed by atoms with Crippen LogP contribution in [0.3, 0.4) is 0 Å². The van der Waals surface area contributed by atoms with E-state index in [9.17, 15) is 0 Å². The van der Waals surface area contributed by atoms with Gasteiger partial charge >= 0.3 is 0 Å². The van der Waals surface area contributed by atoms with Crippen molar-refractivity contribution in [3.05, 3.63) is 28.8 Å². The highest BCUT2D eigenvalue weighted by atomic mass is 35.5. The largest absolute Gasteiger partial charge is 0.398 e. The van der Waals surface area contributed by atoms with Gasteiger partial charge in [0.2, 0.25) is 0 Å². The van der Waals surface area contributed by atoms with E-state index in [1.165, 1.54) is 63.8 Å². The Morgan fingerprint density at radius 2 is 1.76 bits per heavy atom. The van der Waals surface area contributed by atoms with Gasteiger partial charge in [-0.1, -0.05) is 24.1 Å². The first-order valence-corrected chi connectivity index (χ1v) is 8.60. The molecule has 2 heterocycles. The molecule has 0 aromatic heterocycles. The molecule has 3 nitrogen and oxygen atoms in total. The Labute approximate surface area is 133 Å². The van der Waals surface area contributed by atoms with Crippen LogP contribution in [0.5, 0.6) is 0 Å². The number of nitrogens with zero attached hydrogens (tertiary/aromatic N) is 2. The van der Waals surface area contributed by atoms with Gasteiger partial charge in [0.15, 0.2) is 0 Å². The number of nitrogens with two attached hydrogens (primary N) is 1. The Morgan fingerprint density at radius 3 is 2.43 bits per heavy atom. The Balaban J connectivity index is 1.51. The van der Waals surface area contributed by atoms with Gasteiger partial charge in [0.1, 0.15) is 0 Å². The van der Waals surface area contributed by atoms with Crippen LogP contribution in [-0.4, -0.2) is 42.0 Å². The number of benzene rings is 1. The molecule has 0 atom stereocenters. The van der Waals surface area contributed by atoms with Gasteiger partial charge in [-0.15, -0.1) is 0 Å². The Bertz CT molecular complexity index is 463. The monoisotopic (exact) mass is 307 g/mol. The molecule has 2 aliphatic rings. The molecule has 1 aromatic carbocycles. The molecular weight excluding hydrogens is 282 g/mol. The van der Waals surface area contributed by atoms with E-state index in [1.54, 1.807) is 0 Å². The van der Waals surface area contributed by atoms with Gasteiger partial charge in [0.05, 0.1) is 0 Å². The zero-order valence-electron chi connectivity index (χ0n) is 12.7. The normalized spacial score (nSPS) is 22.5. The standard InChI is InChI=1S/C17H26ClN3/c18-15-5-4-14(17(19)12-15)13-20-10-6-16(7-11-20)21-8-2-1-3-9-21/h4-5,12,16H,1-3,6-11,13,19H2. The van der Waals surface area contributed by atoms with E-state index in [4.69, 9.17) is 17.3 Å². The lowest BCUT2D eigenvalue weighted by molar-refractivity contribution is 0.0897. The predicted molar refractivity (Wildman–Crippen MR) is 89.6 cm³/mol. The van der Waals surface area contributed by atoms with Crippen molar-refractivity contribution in [3.63, 3.8) is 0 Å². The van der Waals surface area contributed by atoms with Crippen molar-refractivity contribution in [2.75, 3.05) is 31.9 Å². The van der Waals surface area contributed by atoms with Crippen LogP contribution < -0.4 is 5.73 Å². The van der Waals surface area contributed by atoms with E-state index in [1.807, 2.05) is 12.1 Å². The van der Waals surface area contributed by atoms with E-state index < -0.39 is 0 Å². The molecule has 0 amide bonds. The van der Waals surface area contributed by atoms with Crippen LogP contribution in [0.1, 0.15) is 37.7 Å². The summed E-state index contributed by atoms with van der Waals surface area (Å²) in [5.74, 6) is 0. The van der Waals surface area contributed by atoms with Crippen LogP contribution in [-0.2, 0) is 6.54 Å². The fraction of sp³-hybridized carbons (Fsp3) is 0.647. The second-order valence-electron chi connectivity index (χ2n) is 6.45. The summed E-state index contributed by atoms with van der Waals surface area (Å²) in [4.78, 5) is 5.25. The van der Waals surface area contributed by atoms with Crippen LogP contribution in [0.15, 0.2) is 18.2 Å². The summed E-state index contributed by atoms with van der Waals surface area (Å²) in [6.07, 6.45) is 6.80. The Kier molecular flexibility index (Phi) is 5.04. The molecule has 0 spiro atoms. The van der Waals surface area contributed by atoms with E-state index in [2.05, 4.69) is 15.9 Å². The molecular formula is C17H26ClN3. The molecule has 2 saturated heterocycles. The molecule has 1 aromatic rings. The highest BCUT2D eigenvalue weighted by Gasteiger charge is 2.25. The third kappa shape index (κ3) is 3.91. The molecule has 21 heavy (non-hydrogen) atoms. The van der Waals surface area contributed by atoms with Crippen LogP contribution in [0.25, 0.3) is 0 Å². The third-order valence-corrected chi connectivity index (χ3v) is 5.20. The summed E-state index contributed by atoms with van der Waals surface area (Å²) >= 11 is 5.97. The lowest BCUT2D eigenvalue weighted by Gasteiger charge is -2.40. The number of piperidine rings is 2.